The van der Waals surface area contributed by atoms with Gasteiger partial charge in [-0.2, -0.15) is 10.4 Å². The number of nitrogens with two attached hydrogens (primary N) is 1. The van der Waals surface area contributed by atoms with Crippen molar-refractivity contribution in [1.82, 2.24) is 0 Å². The molecule has 0 aromatic heterocycles. The Labute approximate surface area is 148 Å². The summed E-state index contributed by atoms with van der Waals surface area (Å²) >= 11 is 0. The van der Waals surface area contributed by atoms with E-state index in [9.17, 15) is 14.0 Å². The SMILES string of the molecule is N#Cc1cccc(NC(=O)C2=NN(c3ccc(F)cc3)C(C(N)=O)C2)c1. The minimum Gasteiger partial charge on any atom is -0.368 e. The van der Waals surface area contributed by atoms with Crippen LogP contribution in [0.2, 0.25) is 0 Å². The normalized spacial score (nSPS) is 15.9. The van der Waals surface area contributed by atoms with Crippen LogP contribution in [0.5, 0.6) is 0 Å². The molecule has 0 bridgehead atoms. The predicted octanol–water partition coefficient (Wildman–Crippen LogP) is 1.76. The Kier molecular flexibility index (Phi) is 4.62. The molecule has 7 nitrogen and oxygen atoms in total. The highest BCUT2D eigenvalue weighted by Gasteiger charge is 2.35. The van der Waals surface area contributed by atoms with E-state index in [1.165, 1.54) is 35.3 Å². The van der Waals surface area contributed by atoms with Gasteiger partial charge in [-0.1, -0.05) is 6.07 Å². The quantitative estimate of drug-likeness (QED) is 0.874. The zero-order chi connectivity index (χ0) is 18.7. The Morgan fingerprint density at radius 2 is 2.00 bits per heavy atom. The maximum absolute atomic E-state index is 13.1. The third-order valence-electron chi connectivity index (χ3n) is 3.84. The Hall–Kier alpha value is -3.73. The Balaban J connectivity index is 1.83. The highest BCUT2D eigenvalue weighted by Crippen LogP contribution is 2.25. The fourth-order valence-electron chi connectivity index (χ4n) is 2.57. The van der Waals surface area contributed by atoms with Gasteiger partial charge in [-0.05, 0) is 42.5 Å². The molecule has 0 spiro atoms. The van der Waals surface area contributed by atoms with E-state index in [1.54, 1.807) is 18.2 Å². The van der Waals surface area contributed by atoms with E-state index in [2.05, 4.69) is 10.4 Å². The van der Waals surface area contributed by atoms with Crippen LogP contribution in [0.25, 0.3) is 0 Å². The number of hydrogen-bond acceptors (Lipinski definition) is 5. The summed E-state index contributed by atoms with van der Waals surface area (Å²) in [5.41, 5.74) is 6.81. The van der Waals surface area contributed by atoms with Crippen molar-refractivity contribution in [2.24, 2.45) is 10.8 Å². The zero-order valence-corrected chi connectivity index (χ0v) is 13.5. The number of primary amides is 1. The molecular weight excluding hydrogens is 337 g/mol. The highest BCUT2D eigenvalue weighted by molar-refractivity contribution is 6.44. The Bertz CT molecular complexity index is 933. The number of hydrazone groups is 1. The topological polar surface area (TPSA) is 112 Å². The van der Waals surface area contributed by atoms with Gasteiger partial charge in [0.05, 0.1) is 17.3 Å². The lowest BCUT2D eigenvalue weighted by atomic mass is 10.1. The molecule has 130 valence electrons. The summed E-state index contributed by atoms with van der Waals surface area (Å²) in [7, 11) is 0. The van der Waals surface area contributed by atoms with Crippen molar-refractivity contribution in [1.29, 1.82) is 5.26 Å². The van der Waals surface area contributed by atoms with Gasteiger partial charge in [-0.15, -0.1) is 0 Å². The van der Waals surface area contributed by atoms with Gasteiger partial charge in [0.25, 0.3) is 5.91 Å². The summed E-state index contributed by atoms with van der Waals surface area (Å²) < 4.78 is 13.1. The van der Waals surface area contributed by atoms with E-state index in [0.717, 1.165) is 0 Å². The molecule has 3 N–H and O–H groups in total. The summed E-state index contributed by atoms with van der Waals surface area (Å²) in [5, 5.41) is 17.0. The molecule has 1 aliphatic rings. The van der Waals surface area contributed by atoms with Crippen LogP contribution >= 0.6 is 0 Å². The number of halogens is 1. The van der Waals surface area contributed by atoms with Crippen molar-refractivity contribution in [3.05, 3.63) is 59.9 Å². The van der Waals surface area contributed by atoms with Crippen LogP contribution in [0, 0.1) is 17.1 Å². The first-order valence-corrected chi connectivity index (χ1v) is 7.71. The van der Waals surface area contributed by atoms with Crippen molar-refractivity contribution in [2.45, 2.75) is 12.5 Å². The summed E-state index contributed by atoms with van der Waals surface area (Å²) in [5.74, 6) is -1.58. The van der Waals surface area contributed by atoms with E-state index in [-0.39, 0.29) is 12.1 Å². The van der Waals surface area contributed by atoms with Gasteiger partial charge in [0, 0.05) is 12.1 Å². The van der Waals surface area contributed by atoms with Crippen LogP contribution in [0.4, 0.5) is 15.8 Å². The van der Waals surface area contributed by atoms with Crippen LogP contribution < -0.4 is 16.1 Å². The standard InChI is InChI=1S/C18H14FN5O2/c19-12-4-6-14(7-5-12)24-16(17(21)25)9-15(23-24)18(26)22-13-3-1-2-11(8-13)10-20/h1-8,16H,9H2,(H2,21,25)(H,22,26). The van der Waals surface area contributed by atoms with Gasteiger partial charge < -0.3 is 11.1 Å². The lowest BCUT2D eigenvalue weighted by Crippen LogP contribution is -2.39. The fourth-order valence-corrected chi connectivity index (χ4v) is 2.57. The van der Waals surface area contributed by atoms with Crippen LogP contribution in [0.3, 0.4) is 0 Å². The molecule has 0 saturated carbocycles. The molecule has 2 aromatic rings. The number of rotatable bonds is 4. The van der Waals surface area contributed by atoms with Gasteiger partial charge in [0.15, 0.2) is 0 Å². The summed E-state index contributed by atoms with van der Waals surface area (Å²) in [4.78, 5) is 24.2. The zero-order valence-electron chi connectivity index (χ0n) is 13.5. The molecule has 2 amide bonds. The number of carbonyl (C=O) groups is 2. The van der Waals surface area contributed by atoms with Gasteiger partial charge in [-0.3, -0.25) is 14.6 Å². The second kappa shape index (κ2) is 7.03. The molecular formula is C18H14FN5O2. The molecule has 1 unspecified atom stereocenters. The van der Waals surface area contributed by atoms with Crippen LogP contribution in [0.15, 0.2) is 53.6 Å². The summed E-state index contributed by atoms with van der Waals surface area (Å²) in [6, 6.07) is 12.9. The van der Waals surface area contributed by atoms with E-state index in [4.69, 9.17) is 11.0 Å². The van der Waals surface area contributed by atoms with E-state index in [0.29, 0.717) is 16.9 Å². The number of nitrogens with one attached hydrogen (secondary N) is 1. The van der Waals surface area contributed by atoms with Crippen LogP contribution in [-0.4, -0.2) is 23.6 Å². The monoisotopic (exact) mass is 351 g/mol. The molecule has 0 radical (unpaired) electrons. The average molecular weight is 351 g/mol. The number of carbonyl (C=O) groups excluding carboxylic acids is 2. The number of nitriles is 1. The van der Waals surface area contributed by atoms with Crippen molar-refractivity contribution in [3.63, 3.8) is 0 Å². The molecule has 2 aromatic carbocycles. The molecule has 1 atom stereocenters. The third kappa shape index (κ3) is 3.52. The fraction of sp³-hybridized carbons (Fsp3) is 0.111. The summed E-state index contributed by atoms with van der Waals surface area (Å²) in [6.07, 6.45) is 0.0243. The lowest BCUT2D eigenvalue weighted by molar-refractivity contribution is -0.119. The van der Waals surface area contributed by atoms with Gasteiger partial charge in [-0.25, -0.2) is 4.39 Å². The van der Waals surface area contributed by atoms with E-state index < -0.39 is 23.7 Å². The molecule has 0 fully saturated rings. The van der Waals surface area contributed by atoms with Crippen LogP contribution in [0.1, 0.15) is 12.0 Å². The predicted molar refractivity (Wildman–Crippen MR) is 93.7 cm³/mol. The average Bonchev–Trinajstić information content (AvgIpc) is 3.08. The number of hydrogen-bond donors (Lipinski definition) is 2. The van der Waals surface area contributed by atoms with Gasteiger partial charge >= 0.3 is 0 Å². The maximum atomic E-state index is 13.1. The number of amides is 2. The first kappa shape index (κ1) is 17.1. The number of anilines is 2. The van der Waals surface area contributed by atoms with E-state index >= 15 is 0 Å². The first-order chi connectivity index (χ1) is 12.5. The smallest absolute Gasteiger partial charge is 0.271 e. The second-order valence-electron chi connectivity index (χ2n) is 5.64. The molecule has 0 aliphatic carbocycles. The maximum Gasteiger partial charge on any atom is 0.271 e. The van der Waals surface area contributed by atoms with Gasteiger partial charge in [0.1, 0.15) is 17.6 Å². The molecule has 8 heteroatoms. The van der Waals surface area contributed by atoms with Crippen molar-refractivity contribution in [2.75, 3.05) is 10.3 Å². The minimum absolute atomic E-state index is 0.0243. The largest absolute Gasteiger partial charge is 0.368 e. The minimum atomic E-state index is -0.841. The third-order valence-corrected chi connectivity index (χ3v) is 3.84. The number of benzene rings is 2. The summed E-state index contributed by atoms with van der Waals surface area (Å²) in [6.45, 7) is 0. The Morgan fingerprint density at radius 1 is 1.27 bits per heavy atom. The molecule has 1 aliphatic heterocycles. The molecule has 0 saturated heterocycles. The molecule has 3 rings (SSSR count). The van der Waals surface area contributed by atoms with Gasteiger partial charge in [0.2, 0.25) is 5.91 Å². The van der Waals surface area contributed by atoms with Crippen molar-refractivity contribution in [3.8, 4) is 6.07 Å². The second-order valence-corrected chi connectivity index (χ2v) is 5.64. The van der Waals surface area contributed by atoms with Crippen molar-refractivity contribution < 1.29 is 14.0 Å². The molecule has 1 heterocycles. The lowest BCUT2D eigenvalue weighted by Gasteiger charge is -2.20. The molecule has 26 heavy (non-hydrogen) atoms. The van der Waals surface area contributed by atoms with Crippen molar-refractivity contribution >= 4 is 28.9 Å². The van der Waals surface area contributed by atoms with Crippen LogP contribution in [-0.2, 0) is 9.59 Å². The number of nitrogens with zero attached hydrogens (tertiary/aromatic N) is 3. The highest BCUT2D eigenvalue weighted by atomic mass is 19.1. The Morgan fingerprint density at radius 3 is 2.65 bits per heavy atom. The van der Waals surface area contributed by atoms with E-state index in [1.807, 2.05) is 6.07 Å². The first-order valence-electron chi connectivity index (χ1n) is 7.71.